The van der Waals surface area contributed by atoms with Crippen LogP contribution in [0.4, 0.5) is 5.69 Å². The van der Waals surface area contributed by atoms with E-state index >= 15 is 0 Å². The average molecular weight is 287 g/mol. The number of benzene rings is 1. The van der Waals surface area contributed by atoms with E-state index in [9.17, 15) is 0 Å². The lowest BCUT2D eigenvalue weighted by atomic mass is 10.1. The summed E-state index contributed by atoms with van der Waals surface area (Å²) in [6.45, 7) is 2.02. The van der Waals surface area contributed by atoms with Crippen molar-refractivity contribution in [3.8, 4) is 0 Å². The zero-order chi connectivity index (χ0) is 13.1. The van der Waals surface area contributed by atoms with Crippen LogP contribution in [0.25, 0.3) is 0 Å². The van der Waals surface area contributed by atoms with E-state index in [4.69, 9.17) is 28.9 Å². The maximum absolute atomic E-state index is 6.04. The van der Waals surface area contributed by atoms with Crippen molar-refractivity contribution in [3.05, 3.63) is 27.7 Å². The quantitative estimate of drug-likeness (QED) is 0.841. The Labute approximate surface area is 119 Å². The van der Waals surface area contributed by atoms with Crippen molar-refractivity contribution in [1.29, 1.82) is 0 Å². The Kier molecular flexibility index (Phi) is 4.77. The molecule has 0 aliphatic heterocycles. The molecule has 1 saturated carbocycles. The Morgan fingerprint density at radius 2 is 1.78 bits per heavy atom. The van der Waals surface area contributed by atoms with Gasteiger partial charge in [0.15, 0.2) is 0 Å². The lowest BCUT2D eigenvalue weighted by Gasteiger charge is -2.21. The standard InChI is InChI=1S/C14H20Cl2N2/c1-18(8-10-4-2-3-5-10)9-11-6-12(15)14(17)13(16)7-11/h6-7,10H,2-5,8-9,17H2,1H3. The summed E-state index contributed by atoms with van der Waals surface area (Å²) in [6.07, 6.45) is 5.51. The van der Waals surface area contributed by atoms with Crippen LogP contribution in [-0.2, 0) is 6.54 Å². The first-order chi connectivity index (χ1) is 8.56. The number of rotatable bonds is 4. The molecule has 2 N–H and O–H groups in total. The summed E-state index contributed by atoms with van der Waals surface area (Å²) >= 11 is 12.1. The van der Waals surface area contributed by atoms with Gasteiger partial charge in [-0.3, -0.25) is 0 Å². The molecule has 0 heterocycles. The molecule has 0 atom stereocenters. The second-order valence-electron chi connectivity index (χ2n) is 5.32. The van der Waals surface area contributed by atoms with Crippen molar-refractivity contribution in [2.75, 3.05) is 19.3 Å². The predicted molar refractivity (Wildman–Crippen MR) is 79.2 cm³/mol. The minimum absolute atomic E-state index is 0.473. The van der Waals surface area contributed by atoms with Gasteiger partial charge in [0.05, 0.1) is 15.7 Å². The molecule has 0 unspecified atom stereocenters. The number of halogens is 2. The topological polar surface area (TPSA) is 29.3 Å². The van der Waals surface area contributed by atoms with Gasteiger partial charge in [-0.2, -0.15) is 0 Å². The van der Waals surface area contributed by atoms with Crippen LogP contribution in [0.1, 0.15) is 31.2 Å². The van der Waals surface area contributed by atoms with E-state index in [1.54, 1.807) is 0 Å². The summed E-state index contributed by atoms with van der Waals surface area (Å²) in [6, 6.07) is 3.82. The van der Waals surface area contributed by atoms with Crippen LogP contribution in [0.2, 0.25) is 10.0 Å². The third-order valence-electron chi connectivity index (χ3n) is 3.64. The monoisotopic (exact) mass is 286 g/mol. The molecule has 1 aromatic carbocycles. The van der Waals surface area contributed by atoms with Crippen LogP contribution in [0, 0.1) is 5.92 Å². The molecule has 4 heteroatoms. The number of hydrogen-bond donors (Lipinski definition) is 1. The second kappa shape index (κ2) is 6.14. The fourth-order valence-electron chi connectivity index (χ4n) is 2.74. The highest BCUT2D eigenvalue weighted by atomic mass is 35.5. The van der Waals surface area contributed by atoms with Gasteiger partial charge in [0.2, 0.25) is 0 Å². The Hall–Kier alpha value is -0.440. The molecular weight excluding hydrogens is 267 g/mol. The van der Waals surface area contributed by atoms with Gasteiger partial charge in [-0.25, -0.2) is 0 Å². The fraction of sp³-hybridized carbons (Fsp3) is 0.571. The minimum Gasteiger partial charge on any atom is -0.396 e. The maximum atomic E-state index is 6.04. The first-order valence-corrected chi connectivity index (χ1v) is 7.24. The van der Waals surface area contributed by atoms with Crippen LogP contribution < -0.4 is 5.73 Å². The smallest absolute Gasteiger partial charge is 0.0693 e. The van der Waals surface area contributed by atoms with E-state index in [1.165, 1.54) is 25.7 Å². The summed E-state index contributed by atoms with van der Waals surface area (Å²) in [5.41, 5.74) is 7.33. The van der Waals surface area contributed by atoms with Crippen LogP contribution in [0.15, 0.2) is 12.1 Å². The molecule has 2 nitrogen and oxygen atoms in total. The Bertz CT molecular complexity index is 391. The molecule has 1 fully saturated rings. The number of nitrogen functional groups attached to an aromatic ring is 1. The van der Waals surface area contributed by atoms with Gasteiger partial charge in [0.25, 0.3) is 0 Å². The Morgan fingerprint density at radius 3 is 2.33 bits per heavy atom. The van der Waals surface area contributed by atoms with Gasteiger partial charge in [-0.1, -0.05) is 36.0 Å². The van der Waals surface area contributed by atoms with Crippen molar-refractivity contribution in [3.63, 3.8) is 0 Å². The van der Waals surface area contributed by atoms with E-state index in [0.29, 0.717) is 15.7 Å². The average Bonchev–Trinajstić information content (AvgIpc) is 2.78. The predicted octanol–water partition coefficient (Wildman–Crippen LogP) is 4.20. The maximum Gasteiger partial charge on any atom is 0.0693 e. The van der Waals surface area contributed by atoms with Crippen LogP contribution in [0.3, 0.4) is 0 Å². The van der Waals surface area contributed by atoms with E-state index in [-0.39, 0.29) is 0 Å². The first-order valence-electron chi connectivity index (χ1n) is 6.48. The van der Waals surface area contributed by atoms with Crippen molar-refractivity contribution < 1.29 is 0 Å². The van der Waals surface area contributed by atoms with Gasteiger partial charge in [-0.05, 0) is 43.5 Å². The van der Waals surface area contributed by atoms with E-state index in [0.717, 1.165) is 24.6 Å². The van der Waals surface area contributed by atoms with Crippen molar-refractivity contribution in [2.24, 2.45) is 5.92 Å². The molecule has 100 valence electrons. The second-order valence-corrected chi connectivity index (χ2v) is 6.13. The highest BCUT2D eigenvalue weighted by Crippen LogP contribution is 2.30. The highest BCUT2D eigenvalue weighted by Gasteiger charge is 2.17. The SMILES string of the molecule is CN(Cc1cc(Cl)c(N)c(Cl)c1)CC1CCCC1. The molecule has 0 radical (unpaired) electrons. The molecule has 0 saturated heterocycles. The Morgan fingerprint density at radius 1 is 1.22 bits per heavy atom. The summed E-state index contributed by atoms with van der Waals surface area (Å²) in [5.74, 6) is 0.856. The number of hydrogen-bond acceptors (Lipinski definition) is 2. The molecule has 0 bridgehead atoms. The molecular formula is C14H20Cl2N2. The number of nitrogens with zero attached hydrogens (tertiary/aromatic N) is 1. The first kappa shape index (κ1) is 14.0. The molecule has 0 amide bonds. The molecule has 1 aliphatic carbocycles. The molecule has 0 aromatic heterocycles. The summed E-state index contributed by atoms with van der Waals surface area (Å²) < 4.78 is 0. The largest absolute Gasteiger partial charge is 0.396 e. The minimum atomic E-state index is 0.473. The van der Waals surface area contributed by atoms with Crippen LogP contribution in [-0.4, -0.2) is 18.5 Å². The molecule has 18 heavy (non-hydrogen) atoms. The van der Waals surface area contributed by atoms with Crippen molar-refractivity contribution >= 4 is 28.9 Å². The third-order valence-corrected chi connectivity index (χ3v) is 4.26. The van der Waals surface area contributed by atoms with Crippen molar-refractivity contribution in [1.82, 2.24) is 4.90 Å². The van der Waals surface area contributed by atoms with Gasteiger partial charge in [-0.15, -0.1) is 0 Å². The number of nitrogens with two attached hydrogens (primary N) is 1. The fourth-order valence-corrected chi connectivity index (χ4v) is 3.27. The third kappa shape index (κ3) is 3.53. The zero-order valence-corrected chi connectivity index (χ0v) is 12.3. The van der Waals surface area contributed by atoms with Gasteiger partial charge >= 0.3 is 0 Å². The van der Waals surface area contributed by atoms with Gasteiger partial charge < -0.3 is 10.6 Å². The molecule has 1 aromatic rings. The highest BCUT2D eigenvalue weighted by molar-refractivity contribution is 6.38. The lowest BCUT2D eigenvalue weighted by molar-refractivity contribution is 0.271. The summed E-state index contributed by atoms with van der Waals surface area (Å²) in [4.78, 5) is 2.34. The number of anilines is 1. The Balaban J connectivity index is 1.95. The summed E-state index contributed by atoms with van der Waals surface area (Å²) in [5, 5.41) is 1.10. The summed E-state index contributed by atoms with van der Waals surface area (Å²) in [7, 11) is 2.15. The molecule has 0 spiro atoms. The normalized spacial score (nSPS) is 16.7. The van der Waals surface area contributed by atoms with Gasteiger partial charge in [0.1, 0.15) is 0 Å². The van der Waals surface area contributed by atoms with Crippen LogP contribution in [0.5, 0.6) is 0 Å². The lowest BCUT2D eigenvalue weighted by Crippen LogP contribution is -2.24. The van der Waals surface area contributed by atoms with Gasteiger partial charge in [0, 0.05) is 13.1 Å². The van der Waals surface area contributed by atoms with Crippen molar-refractivity contribution in [2.45, 2.75) is 32.2 Å². The zero-order valence-electron chi connectivity index (χ0n) is 10.8. The molecule has 1 aliphatic rings. The van der Waals surface area contributed by atoms with E-state index in [1.807, 2.05) is 12.1 Å². The van der Waals surface area contributed by atoms with E-state index < -0.39 is 0 Å². The van der Waals surface area contributed by atoms with E-state index in [2.05, 4.69) is 11.9 Å². The van der Waals surface area contributed by atoms with Crippen LogP contribution >= 0.6 is 23.2 Å². The molecule has 2 rings (SSSR count).